The normalized spacial score (nSPS) is 11.5. The second-order valence-electron chi connectivity index (χ2n) is 5.35. The molecule has 2 rings (SSSR count). The molecule has 3 heteroatoms. The van der Waals surface area contributed by atoms with Gasteiger partial charge in [-0.25, -0.2) is 4.79 Å². The molecule has 1 N–H and O–H groups in total. The van der Waals surface area contributed by atoms with Crippen molar-refractivity contribution in [3.63, 3.8) is 0 Å². The number of nitrogens with one attached hydrogen (secondary N) is 1. The summed E-state index contributed by atoms with van der Waals surface area (Å²) in [7, 11) is 0. The molecule has 0 bridgehead atoms. The van der Waals surface area contributed by atoms with Gasteiger partial charge in [-0.1, -0.05) is 80.6 Å². The van der Waals surface area contributed by atoms with Crippen molar-refractivity contribution in [1.82, 2.24) is 5.32 Å². The van der Waals surface area contributed by atoms with Crippen molar-refractivity contribution in [3.8, 4) is 0 Å². The lowest BCUT2D eigenvalue weighted by Crippen LogP contribution is -2.30. The SMILES string of the molecule is C=Cc1ccc(C(NC(=O)OCCCC)c2ccccc2)cc1. The molecule has 0 radical (unpaired) electrons. The van der Waals surface area contributed by atoms with Gasteiger partial charge in [0.2, 0.25) is 0 Å². The standard InChI is InChI=1S/C20H23NO2/c1-3-5-15-23-20(22)21-19(17-9-7-6-8-10-17)18-13-11-16(4-2)12-14-18/h4,6-14,19H,2-3,5,15H2,1H3,(H,21,22). The lowest BCUT2D eigenvalue weighted by molar-refractivity contribution is 0.142. The molecule has 0 saturated heterocycles. The van der Waals surface area contributed by atoms with Crippen molar-refractivity contribution < 1.29 is 9.53 Å². The first-order valence-corrected chi connectivity index (χ1v) is 7.95. The van der Waals surface area contributed by atoms with Gasteiger partial charge in [0, 0.05) is 0 Å². The van der Waals surface area contributed by atoms with E-state index in [-0.39, 0.29) is 12.1 Å². The zero-order chi connectivity index (χ0) is 16.5. The van der Waals surface area contributed by atoms with Gasteiger partial charge in [-0.2, -0.15) is 0 Å². The molecule has 0 aliphatic carbocycles. The number of alkyl carbamates (subject to hydrolysis) is 1. The van der Waals surface area contributed by atoms with Crippen LogP contribution in [-0.4, -0.2) is 12.7 Å². The maximum Gasteiger partial charge on any atom is 0.407 e. The van der Waals surface area contributed by atoms with Gasteiger partial charge in [0.1, 0.15) is 0 Å². The van der Waals surface area contributed by atoms with E-state index in [1.165, 1.54) is 0 Å². The van der Waals surface area contributed by atoms with Crippen molar-refractivity contribution in [1.29, 1.82) is 0 Å². The summed E-state index contributed by atoms with van der Waals surface area (Å²) in [6.07, 6.45) is 3.28. The fourth-order valence-corrected chi connectivity index (χ4v) is 2.30. The van der Waals surface area contributed by atoms with Crippen LogP contribution in [-0.2, 0) is 4.74 Å². The summed E-state index contributed by atoms with van der Waals surface area (Å²) in [5.41, 5.74) is 3.08. The highest BCUT2D eigenvalue weighted by Gasteiger charge is 2.17. The third-order valence-electron chi connectivity index (χ3n) is 3.63. The van der Waals surface area contributed by atoms with Crippen molar-refractivity contribution >= 4 is 12.2 Å². The predicted molar refractivity (Wildman–Crippen MR) is 94.2 cm³/mol. The van der Waals surface area contributed by atoms with Crippen LogP contribution < -0.4 is 5.32 Å². The number of benzene rings is 2. The maximum atomic E-state index is 12.0. The second kappa shape index (κ2) is 8.79. The Bertz CT molecular complexity index is 620. The van der Waals surface area contributed by atoms with Gasteiger partial charge < -0.3 is 10.1 Å². The molecule has 2 aromatic carbocycles. The van der Waals surface area contributed by atoms with Gasteiger partial charge in [-0.15, -0.1) is 0 Å². The molecule has 0 saturated carbocycles. The Kier molecular flexibility index (Phi) is 6.42. The van der Waals surface area contributed by atoms with Crippen molar-refractivity contribution in [2.45, 2.75) is 25.8 Å². The highest BCUT2D eigenvalue weighted by Crippen LogP contribution is 2.22. The number of rotatable bonds is 7. The molecule has 1 atom stereocenters. The van der Waals surface area contributed by atoms with Crippen LogP contribution in [0.15, 0.2) is 61.2 Å². The molecule has 1 amide bonds. The van der Waals surface area contributed by atoms with Crippen molar-refractivity contribution in [2.24, 2.45) is 0 Å². The molecule has 0 aromatic heterocycles. The number of hydrogen-bond donors (Lipinski definition) is 1. The number of amides is 1. The Morgan fingerprint density at radius 1 is 1.13 bits per heavy atom. The Labute approximate surface area is 138 Å². The minimum absolute atomic E-state index is 0.232. The fourth-order valence-electron chi connectivity index (χ4n) is 2.30. The summed E-state index contributed by atoms with van der Waals surface area (Å²) in [5, 5.41) is 2.96. The van der Waals surface area contributed by atoms with E-state index in [9.17, 15) is 4.79 Å². The molecular weight excluding hydrogens is 286 g/mol. The minimum Gasteiger partial charge on any atom is -0.450 e. The Morgan fingerprint density at radius 2 is 1.78 bits per heavy atom. The fraction of sp³-hybridized carbons (Fsp3) is 0.250. The van der Waals surface area contributed by atoms with Gasteiger partial charge in [0.25, 0.3) is 0 Å². The maximum absolute atomic E-state index is 12.0. The quantitative estimate of drug-likeness (QED) is 0.735. The zero-order valence-electron chi connectivity index (χ0n) is 13.5. The number of unbranched alkanes of at least 4 members (excludes halogenated alkanes) is 1. The molecule has 0 spiro atoms. The molecule has 0 fully saturated rings. The van der Waals surface area contributed by atoms with Gasteiger partial charge in [0.15, 0.2) is 0 Å². The van der Waals surface area contributed by atoms with Crippen LogP contribution in [0.25, 0.3) is 6.08 Å². The van der Waals surface area contributed by atoms with E-state index in [0.717, 1.165) is 29.5 Å². The number of carbonyl (C=O) groups excluding carboxylic acids is 1. The summed E-state index contributed by atoms with van der Waals surface area (Å²) in [6, 6.07) is 17.6. The molecule has 2 aromatic rings. The van der Waals surface area contributed by atoms with Gasteiger partial charge in [-0.05, 0) is 23.1 Å². The molecule has 0 aliphatic rings. The van der Waals surface area contributed by atoms with Gasteiger partial charge in [-0.3, -0.25) is 0 Å². The minimum atomic E-state index is -0.389. The van der Waals surface area contributed by atoms with Crippen LogP contribution in [0.1, 0.15) is 42.5 Å². The van der Waals surface area contributed by atoms with Crippen LogP contribution in [0.2, 0.25) is 0 Å². The summed E-state index contributed by atoms with van der Waals surface area (Å²) >= 11 is 0. The highest BCUT2D eigenvalue weighted by atomic mass is 16.5. The van der Waals surface area contributed by atoms with E-state index in [1.807, 2.05) is 54.6 Å². The third-order valence-corrected chi connectivity index (χ3v) is 3.63. The number of ether oxygens (including phenoxy) is 1. The van der Waals surface area contributed by atoms with Gasteiger partial charge >= 0.3 is 6.09 Å². The molecule has 3 nitrogen and oxygen atoms in total. The average molecular weight is 309 g/mol. The lowest BCUT2D eigenvalue weighted by Gasteiger charge is -2.20. The first kappa shape index (κ1) is 16.8. The summed E-state index contributed by atoms with van der Waals surface area (Å²) < 4.78 is 5.23. The number of hydrogen-bond acceptors (Lipinski definition) is 2. The van der Waals surface area contributed by atoms with E-state index < -0.39 is 0 Å². The van der Waals surface area contributed by atoms with Crippen LogP contribution in [0.5, 0.6) is 0 Å². The van der Waals surface area contributed by atoms with E-state index >= 15 is 0 Å². The molecular formula is C20H23NO2. The van der Waals surface area contributed by atoms with Crippen LogP contribution in [0.4, 0.5) is 4.79 Å². The first-order chi connectivity index (χ1) is 11.2. The monoisotopic (exact) mass is 309 g/mol. The van der Waals surface area contributed by atoms with Crippen molar-refractivity contribution in [3.05, 3.63) is 77.9 Å². The topological polar surface area (TPSA) is 38.3 Å². The number of carbonyl (C=O) groups is 1. The molecule has 120 valence electrons. The molecule has 0 heterocycles. The van der Waals surface area contributed by atoms with E-state index in [2.05, 4.69) is 18.8 Å². The zero-order valence-corrected chi connectivity index (χ0v) is 13.5. The third kappa shape index (κ3) is 4.99. The second-order valence-corrected chi connectivity index (χ2v) is 5.35. The smallest absolute Gasteiger partial charge is 0.407 e. The predicted octanol–water partition coefficient (Wildman–Crippen LogP) is 4.95. The highest BCUT2D eigenvalue weighted by molar-refractivity contribution is 5.68. The molecule has 23 heavy (non-hydrogen) atoms. The molecule has 0 aliphatic heterocycles. The largest absolute Gasteiger partial charge is 0.450 e. The van der Waals surface area contributed by atoms with E-state index in [1.54, 1.807) is 6.08 Å². The van der Waals surface area contributed by atoms with Crippen LogP contribution in [0.3, 0.4) is 0 Å². The van der Waals surface area contributed by atoms with Crippen molar-refractivity contribution in [2.75, 3.05) is 6.61 Å². The summed E-state index contributed by atoms with van der Waals surface area (Å²) in [4.78, 5) is 12.0. The van der Waals surface area contributed by atoms with E-state index in [0.29, 0.717) is 6.61 Å². The average Bonchev–Trinajstić information content (AvgIpc) is 2.61. The van der Waals surface area contributed by atoms with Crippen LogP contribution in [0, 0.1) is 0 Å². The van der Waals surface area contributed by atoms with Crippen LogP contribution >= 0.6 is 0 Å². The Morgan fingerprint density at radius 3 is 2.39 bits per heavy atom. The lowest BCUT2D eigenvalue weighted by atomic mass is 9.98. The summed E-state index contributed by atoms with van der Waals surface area (Å²) in [5.74, 6) is 0. The summed E-state index contributed by atoms with van der Waals surface area (Å²) in [6.45, 7) is 6.27. The van der Waals surface area contributed by atoms with Gasteiger partial charge in [0.05, 0.1) is 12.6 Å². The molecule has 1 unspecified atom stereocenters. The Balaban J connectivity index is 2.18. The van der Waals surface area contributed by atoms with E-state index in [4.69, 9.17) is 4.74 Å². The first-order valence-electron chi connectivity index (χ1n) is 7.95. The Hall–Kier alpha value is -2.55.